The molecule has 1 aromatic heterocycles. The number of amides is 1. The Kier molecular flexibility index (Phi) is 4.42. The van der Waals surface area contributed by atoms with Gasteiger partial charge in [0.15, 0.2) is 0 Å². The highest BCUT2D eigenvalue weighted by atomic mass is 79.9. The lowest BCUT2D eigenvalue weighted by atomic mass is 10.1. The van der Waals surface area contributed by atoms with E-state index in [1.807, 2.05) is 51.1 Å². The topological polar surface area (TPSA) is 29.1 Å². The van der Waals surface area contributed by atoms with Crippen LogP contribution in [0.25, 0.3) is 0 Å². The third kappa shape index (κ3) is 3.45. The Hall–Kier alpha value is -1.13. The molecule has 2 rings (SSSR count). The highest BCUT2D eigenvalue weighted by molar-refractivity contribution is 9.10. The van der Waals surface area contributed by atoms with Crippen molar-refractivity contribution in [2.75, 3.05) is 0 Å². The van der Waals surface area contributed by atoms with E-state index in [9.17, 15) is 4.79 Å². The number of hydrogen-bond acceptors (Lipinski definition) is 2. The van der Waals surface area contributed by atoms with E-state index in [4.69, 9.17) is 0 Å². The van der Waals surface area contributed by atoms with Gasteiger partial charge in [-0.15, -0.1) is 11.3 Å². The lowest BCUT2D eigenvalue weighted by Gasteiger charge is -2.14. The molecule has 19 heavy (non-hydrogen) atoms. The van der Waals surface area contributed by atoms with E-state index in [-0.39, 0.29) is 11.9 Å². The standard InChI is InChI=1S/C15H16BrNOS/c1-9-8-14(11(3)19-9)15(18)17-10(2)12-4-6-13(16)7-5-12/h4-8,10H,1-3H3,(H,17,18). The summed E-state index contributed by atoms with van der Waals surface area (Å²) in [5.74, 6) is -0.00253. The molecule has 0 radical (unpaired) electrons. The van der Waals surface area contributed by atoms with Gasteiger partial charge in [0, 0.05) is 14.2 Å². The zero-order valence-corrected chi connectivity index (χ0v) is 13.6. The molecule has 4 heteroatoms. The molecule has 1 N–H and O–H groups in total. The van der Waals surface area contributed by atoms with Crippen LogP contribution < -0.4 is 5.32 Å². The van der Waals surface area contributed by atoms with Crippen LogP contribution in [-0.2, 0) is 0 Å². The normalized spacial score (nSPS) is 12.2. The smallest absolute Gasteiger partial charge is 0.252 e. The largest absolute Gasteiger partial charge is 0.345 e. The van der Waals surface area contributed by atoms with Crippen molar-refractivity contribution in [3.05, 3.63) is 55.7 Å². The predicted molar refractivity (Wildman–Crippen MR) is 83.8 cm³/mol. The monoisotopic (exact) mass is 337 g/mol. The molecule has 0 saturated carbocycles. The van der Waals surface area contributed by atoms with Crippen molar-refractivity contribution in [3.8, 4) is 0 Å². The summed E-state index contributed by atoms with van der Waals surface area (Å²) < 4.78 is 1.04. The molecule has 0 aliphatic heterocycles. The second-order valence-electron chi connectivity index (χ2n) is 4.57. The van der Waals surface area contributed by atoms with E-state index in [2.05, 4.69) is 21.2 Å². The van der Waals surface area contributed by atoms with Crippen LogP contribution in [-0.4, -0.2) is 5.91 Å². The number of nitrogens with one attached hydrogen (secondary N) is 1. The van der Waals surface area contributed by atoms with E-state index >= 15 is 0 Å². The molecule has 1 unspecified atom stereocenters. The average Bonchev–Trinajstić information content (AvgIpc) is 2.69. The fourth-order valence-corrected chi connectivity index (χ4v) is 3.15. The van der Waals surface area contributed by atoms with Crippen LogP contribution in [0, 0.1) is 13.8 Å². The third-order valence-corrected chi connectivity index (χ3v) is 4.50. The molecule has 1 aromatic carbocycles. The van der Waals surface area contributed by atoms with Crippen LogP contribution in [0.1, 0.15) is 38.6 Å². The molecule has 1 amide bonds. The number of carbonyl (C=O) groups is 1. The number of rotatable bonds is 3. The van der Waals surface area contributed by atoms with Gasteiger partial charge in [-0.2, -0.15) is 0 Å². The molecule has 0 saturated heterocycles. The first-order valence-corrected chi connectivity index (χ1v) is 7.71. The van der Waals surface area contributed by atoms with Crippen LogP contribution in [0.15, 0.2) is 34.8 Å². The minimum absolute atomic E-state index is 0.000191. The third-order valence-electron chi connectivity index (χ3n) is 3.00. The molecular formula is C15H16BrNOS. The van der Waals surface area contributed by atoms with Gasteiger partial charge in [-0.05, 0) is 44.5 Å². The van der Waals surface area contributed by atoms with Crippen molar-refractivity contribution in [1.29, 1.82) is 0 Å². The minimum atomic E-state index is -0.00253. The summed E-state index contributed by atoms with van der Waals surface area (Å²) in [6, 6.07) is 9.95. The lowest BCUT2D eigenvalue weighted by Crippen LogP contribution is -2.26. The summed E-state index contributed by atoms with van der Waals surface area (Å²) in [6.07, 6.45) is 0. The molecule has 100 valence electrons. The molecule has 2 nitrogen and oxygen atoms in total. The Bertz CT molecular complexity index is 589. The zero-order valence-electron chi connectivity index (χ0n) is 11.2. The summed E-state index contributed by atoms with van der Waals surface area (Å²) in [6.45, 7) is 6.00. The zero-order chi connectivity index (χ0) is 14.0. The van der Waals surface area contributed by atoms with Crippen LogP contribution in [0.5, 0.6) is 0 Å². The van der Waals surface area contributed by atoms with E-state index in [0.717, 1.165) is 20.5 Å². The van der Waals surface area contributed by atoms with Gasteiger partial charge in [0.1, 0.15) is 0 Å². The number of benzene rings is 1. The van der Waals surface area contributed by atoms with Gasteiger partial charge in [0.05, 0.1) is 11.6 Å². The number of halogens is 1. The quantitative estimate of drug-likeness (QED) is 0.869. The molecule has 1 atom stereocenters. The fourth-order valence-electron chi connectivity index (χ4n) is 1.97. The number of aryl methyl sites for hydroxylation is 2. The van der Waals surface area contributed by atoms with Gasteiger partial charge in [0.25, 0.3) is 5.91 Å². The van der Waals surface area contributed by atoms with Crippen LogP contribution in [0.3, 0.4) is 0 Å². The number of hydrogen-bond donors (Lipinski definition) is 1. The van der Waals surface area contributed by atoms with Crippen LogP contribution in [0.4, 0.5) is 0 Å². The Balaban J connectivity index is 2.10. The van der Waals surface area contributed by atoms with Crippen molar-refractivity contribution in [2.45, 2.75) is 26.8 Å². The fraction of sp³-hybridized carbons (Fsp3) is 0.267. The van der Waals surface area contributed by atoms with Crippen molar-refractivity contribution in [2.24, 2.45) is 0 Å². The Morgan fingerprint density at radius 3 is 2.42 bits per heavy atom. The second kappa shape index (κ2) is 5.88. The lowest BCUT2D eigenvalue weighted by molar-refractivity contribution is 0.0940. The Labute approximate surface area is 126 Å². The maximum Gasteiger partial charge on any atom is 0.252 e. The molecular weight excluding hydrogens is 322 g/mol. The van der Waals surface area contributed by atoms with E-state index < -0.39 is 0 Å². The first-order chi connectivity index (χ1) is 8.97. The van der Waals surface area contributed by atoms with Crippen molar-refractivity contribution in [1.82, 2.24) is 5.32 Å². The van der Waals surface area contributed by atoms with Gasteiger partial charge in [-0.1, -0.05) is 28.1 Å². The van der Waals surface area contributed by atoms with Crippen LogP contribution >= 0.6 is 27.3 Å². The maximum atomic E-state index is 12.2. The Morgan fingerprint density at radius 1 is 1.26 bits per heavy atom. The van der Waals surface area contributed by atoms with Gasteiger partial charge >= 0.3 is 0 Å². The molecule has 0 aliphatic rings. The van der Waals surface area contributed by atoms with E-state index in [1.165, 1.54) is 4.88 Å². The maximum absolute atomic E-state index is 12.2. The summed E-state index contributed by atoms with van der Waals surface area (Å²) in [5.41, 5.74) is 1.88. The van der Waals surface area contributed by atoms with E-state index in [1.54, 1.807) is 11.3 Å². The molecule has 0 bridgehead atoms. The van der Waals surface area contributed by atoms with Crippen molar-refractivity contribution in [3.63, 3.8) is 0 Å². The molecule has 0 aliphatic carbocycles. The van der Waals surface area contributed by atoms with Gasteiger partial charge in [0.2, 0.25) is 0 Å². The highest BCUT2D eigenvalue weighted by Crippen LogP contribution is 2.22. The molecule has 0 fully saturated rings. The highest BCUT2D eigenvalue weighted by Gasteiger charge is 2.15. The van der Waals surface area contributed by atoms with Crippen molar-refractivity contribution >= 4 is 33.2 Å². The first kappa shape index (κ1) is 14.3. The summed E-state index contributed by atoms with van der Waals surface area (Å²) in [7, 11) is 0. The second-order valence-corrected chi connectivity index (χ2v) is 6.95. The summed E-state index contributed by atoms with van der Waals surface area (Å²) >= 11 is 5.06. The first-order valence-electron chi connectivity index (χ1n) is 6.10. The summed E-state index contributed by atoms with van der Waals surface area (Å²) in [5, 5.41) is 3.04. The molecule has 0 spiro atoms. The SMILES string of the molecule is Cc1cc(C(=O)NC(C)c2ccc(Br)cc2)c(C)s1. The minimum Gasteiger partial charge on any atom is -0.345 e. The number of thiophene rings is 1. The van der Waals surface area contributed by atoms with Gasteiger partial charge in [-0.25, -0.2) is 0 Å². The Morgan fingerprint density at radius 2 is 1.89 bits per heavy atom. The van der Waals surface area contributed by atoms with Gasteiger partial charge < -0.3 is 5.32 Å². The summed E-state index contributed by atoms with van der Waals surface area (Å²) in [4.78, 5) is 14.4. The molecule has 2 aromatic rings. The number of carbonyl (C=O) groups excluding carboxylic acids is 1. The van der Waals surface area contributed by atoms with E-state index in [0.29, 0.717) is 0 Å². The van der Waals surface area contributed by atoms with Gasteiger partial charge in [-0.3, -0.25) is 4.79 Å². The average molecular weight is 338 g/mol. The predicted octanol–water partition coefficient (Wildman–Crippen LogP) is 4.62. The molecule has 1 heterocycles. The van der Waals surface area contributed by atoms with Crippen LogP contribution in [0.2, 0.25) is 0 Å². The van der Waals surface area contributed by atoms with Crippen molar-refractivity contribution < 1.29 is 4.79 Å².